The molecule has 0 saturated heterocycles. The Bertz CT molecular complexity index is 572. The molecule has 0 heterocycles. The van der Waals surface area contributed by atoms with Crippen LogP contribution in [0, 0.1) is 5.82 Å². The Balaban J connectivity index is 2.28. The Morgan fingerprint density at radius 1 is 1.05 bits per heavy atom. The first-order chi connectivity index (χ1) is 9.72. The molecule has 0 atom stereocenters. The Morgan fingerprint density at radius 2 is 1.70 bits per heavy atom. The van der Waals surface area contributed by atoms with Crippen molar-refractivity contribution in [2.75, 3.05) is 11.4 Å². The first-order valence-electron chi connectivity index (χ1n) is 6.51. The molecule has 3 nitrogen and oxygen atoms in total. The summed E-state index contributed by atoms with van der Waals surface area (Å²) < 4.78 is 13.8. The van der Waals surface area contributed by atoms with Gasteiger partial charge >= 0.3 is 0 Å². The summed E-state index contributed by atoms with van der Waals surface area (Å²) in [6, 6.07) is 15.7. The van der Waals surface area contributed by atoms with Crippen molar-refractivity contribution in [1.29, 1.82) is 0 Å². The van der Waals surface area contributed by atoms with Gasteiger partial charge in [0.15, 0.2) is 0 Å². The number of carbonyl (C=O) groups excluding carboxylic acids is 1. The lowest BCUT2D eigenvalue weighted by molar-refractivity contribution is -0.118. The highest BCUT2D eigenvalue weighted by Gasteiger charge is 2.16. The zero-order valence-electron chi connectivity index (χ0n) is 11.1. The number of hydrogen-bond acceptors (Lipinski definition) is 2. The number of amides is 1. The Morgan fingerprint density at radius 3 is 2.35 bits per heavy atom. The van der Waals surface area contributed by atoms with Gasteiger partial charge < -0.3 is 10.6 Å². The van der Waals surface area contributed by atoms with E-state index in [2.05, 4.69) is 0 Å². The maximum atomic E-state index is 13.8. The van der Waals surface area contributed by atoms with Crippen LogP contribution in [0.4, 0.5) is 10.1 Å². The number of anilines is 1. The fraction of sp³-hybridized carbons (Fsp3) is 0.188. The van der Waals surface area contributed by atoms with E-state index in [4.69, 9.17) is 5.73 Å². The lowest BCUT2D eigenvalue weighted by Gasteiger charge is -2.23. The molecule has 0 radical (unpaired) electrons. The minimum atomic E-state index is -0.311. The molecule has 0 aliphatic rings. The molecule has 2 N–H and O–H groups in total. The van der Waals surface area contributed by atoms with Crippen LogP contribution >= 0.6 is 0 Å². The molecule has 2 aromatic carbocycles. The van der Waals surface area contributed by atoms with Crippen molar-refractivity contribution in [3.63, 3.8) is 0 Å². The topological polar surface area (TPSA) is 46.3 Å². The van der Waals surface area contributed by atoms with Crippen LogP contribution in [-0.4, -0.2) is 12.5 Å². The van der Waals surface area contributed by atoms with Gasteiger partial charge in [-0.3, -0.25) is 4.79 Å². The molecule has 0 aromatic heterocycles. The lowest BCUT2D eigenvalue weighted by atomic mass is 10.1. The third-order valence-corrected chi connectivity index (χ3v) is 3.01. The zero-order chi connectivity index (χ0) is 14.4. The third-order valence-electron chi connectivity index (χ3n) is 3.01. The van der Waals surface area contributed by atoms with Gasteiger partial charge in [-0.2, -0.15) is 0 Å². The molecule has 0 aliphatic heterocycles. The first-order valence-corrected chi connectivity index (χ1v) is 6.51. The van der Waals surface area contributed by atoms with Crippen LogP contribution in [0.5, 0.6) is 0 Å². The number of halogens is 1. The fourth-order valence-corrected chi connectivity index (χ4v) is 1.99. The summed E-state index contributed by atoms with van der Waals surface area (Å²) >= 11 is 0. The number of para-hydroxylation sites is 1. The van der Waals surface area contributed by atoms with E-state index < -0.39 is 0 Å². The Labute approximate surface area is 117 Å². The Kier molecular flexibility index (Phi) is 4.85. The summed E-state index contributed by atoms with van der Waals surface area (Å²) in [6.45, 7) is 0.481. The van der Waals surface area contributed by atoms with Gasteiger partial charge in [0.25, 0.3) is 0 Å². The number of carbonyl (C=O) groups is 1. The van der Waals surface area contributed by atoms with E-state index in [-0.39, 0.29) is 31.2 Å². The van der Waals surface area contributed by atoms with Gasteiger partial charge in [-0.1, -0.05) is 36.4 Å². The van der Waals surface area contributed by atoms with Crippen molar-refractivity contribution in [2.24, 2.45) is 5.73 Å². The average molecular weight is 272 g/mol. The minimum absolute atomic E-state index is 0.109. The smallest absolute Gasteiger partial charge is 0.228 e. The maximum Gasteiger partial charge on any atom is 0.228 e. The molecular weight excluding hydrogens is 255 g/mol. The second kappa shape index (κ2) is 6.82. The number of rotatable bonds is 5. The van der Waals surface area contributed by atoms with Crippen LogP contribution in [-0.2, 0) is 11.3 Å². The third kappa shape index (κ3) is 3.42. The van der Waals surface area contributed by atoms with Gasteiger partial charge in [-0.25, -0.2) is 4.39 Å². The molecule has 0 spiro atoms. The highest BCUT2D eigenvalue weighted by atomic mass is 19.1. The number of hydrogen-bond donors (Lipinski definition) is 1. The van der Waals surface area contributed by atoms with Crippen molar-refractivity contribution in [3.05, 3.63) is 66.0 Å². The van der Waals surface area contributed by atoms with Gasteiger partial charge in [-0.05, 0) is 18.2 Å². The van der Waals surface area contributed by atoms with Crippen LogP contribution in [0.3, 0.4) is 0 Å². The molecule has 0 saturated carbocycles. The molecule has 0 aliphatic carbocycles. The summed E-state index contributed by atoms with van der Waals surface area (Å²) in [5.74, 6) is -0.420. The van der Waals surface area contributed by atoms with Gasteiger partial charge in [0.05, 0.1) is 6.54 Å². The summed E-state index contributed by atoms with van der Waals surface area (Å²) in [7, 11) is 0. The van der Waals surface area contributed by atoms with E-state index in [0.717, 1.165) is 5.69 Å². The molecule has 0 unspecified atom stereocenters. The van der Waals surface area contributed by atoms with Crippen molar-refractivity contribution < 1.29 is 9.18 Å². The lowest BCUT2D eigenvalue weighted by Crippen LogP contribution is -2.32. The largest absolute Gasteiger partial charge is 0.330 e. The molecule has 4 heteroatoms. The second-order valence-corrected chi connectivity index (χ2v) is 4.45. The quantitative estimate of drug-likeness (QED) is 0.909. The summed E-state index contributed by atoms with van der Waals surface area (Å²) in [6.07, 6.45) is 0.239. The van der Waals surface area contributed by atoms with E-state index in [9.17, 15) is 9.18 Å². The minimum Gasteiger partial charge on any atom is -0.330 e. The SMILES string of the molecule is NCCC(=O)N(Cc1ccccc1F)c1ccccc1. The van der Waals surface area contributed by atoms with E-state index in [1.807, 2.05) is 30.3 Å². The van der Waals surface area contributed by atoms with Gasteiger partial charge in [0.2, 0.25) is 5.91 Å². The summed E-state index contributed by atoms with van der Waals surface area (Å²) in [4.78, 5) is 13.7. The molecule has 0 fully saturated rings. The second-order valence-electron chi connectivity index (χ2n) is 4.45. The molecular formula is C16H17FN2O. The molecule has 2 rings (SSSR count). The zero-order valence-corrected chi connectivity index (χ0v) is 11.1. The monoisotopic (exact) mass is 272 g/mol. The van der Waals surface area contributed by atoms with E-state index >= 15 is 0 Å². The first kappa shape index (κ1) is 14.2. The van der Waals surface area contributed by atoms with Crippen molar-refractivity contribution >= 4 is 11.6 Å². The predicted molar refractivity (Wildman–Crippen MR) is 77.7 cm³/mol. The van der Waals surface area contributed by atoms with Gasteiger partial charge in [0.1, 0.15) is 5.82 Å². The highest BCUT2D eigenvalue weighted by molar-refractivity contribution is 5.93. The van der Waals surface area contributed by atoms with Crippen LogP contribution in [0.15, 0.2) is 54.6 Å². The van der Waals surface area contributed by atoms with Crippen molar-refractivity contribution in [3.8, 4) is 0 Å². The van der Waals surface area contributed by atoms with Gasteiger partial charge in [0, 0.05) is 24.2 Å². The normalized spacial score (nSPS) is 10.3. The molecule has 0 bridgehead atoms. The summed E-state index contributed by atoms with van der Waals surface area (Å²) in [5.41, 5.74) is 6.68. The van der Waals surface area contributed by atoms with E-state index in [1.54, 1.807) is 23.1 Å². The summed E-state index contributed by atoms with van der Waals surface area (Å²) in [5, 5.41) is 0. The Hall–Kier alpha value is -2.20. The van der Waals surface area contributed by atoms with Crippen molar-refractivity contribution in [1.82, 2.24) is 0 Å². The molecule has 20 heavy (non-hydrogen) atoms. The fourth-order valence-electron chi connectivity index (χ4n) is 1.99. The van der Waals surface area contributed by atoms with Crippen LogP contribution in [0.1, 0.15) is 12.0 Å². The average Bonchev–Trinajstić information content (AvgIpc) is 2.47. The van der Waals surface area contributed by atoms with E-state index in [0.29, 0.717) is 5.56 Å². The standard InChI is InChI=1S/C16H17FN2O/c17-15-9-5-4-6-13(15)12-19(16(20)10-11-18)14-7-2-1-3-8-14/h1-9H,10-12,18H2. The highest BCUT2D eigenvalue weighted by Crippen LogP contribution is 2.19. The van der Waals surface area contributed by atoms with Crippen LogP contribution in [0.25, 0.3) is 0 Å². The van der Waals surface area contributed by atoms with Gasteiger partial charge in [-0.15, -0.1) is 0 Å². The maximum absolute atomic E-state index is 13.8. The van der Waals surface area contributed by atoms with Crippen molar-refractivity contribution in [2.45, 2.75) is 13.0 Å². The predicted octanol–water partition coefficient (Wildman–Crippen LogP) is 2.71. The molecule has 104 valence electrons. The van der Waals surface area contributed by atoms with Crippen LogP contribution < -0.4 is 10.6 Å². The van der Waals surface area contributed by atoms with E-state index in [1.165, 1.54) is 6.07 Å². The number of benzene rings is 2. The number of nitrogens with zero attached hydrogens (tertiary/aromatic N) is 1. The molecule has 1 amide bonds. The molecule has 2 aromatic rings. The van der Waals surface area contributed by atoms with Crippen LogP contribution in [0.2, 0.25) is 0 Å². The number of nitrogens with two attached hydrogens (primary N) is 1.